The predicted octanol–water partition coefficient (Wildman–Crippen LogP) is 2.91. The van der Waals surface area contributed by atoms with E-state index in [1.165, 1.54) is 11.1 Å². The Kier molecular flexibility index (Phi) is 5.29. The highest BCUT2D eigenvalue weighted by Gasteiger charge is 2.65. The van der Waals surface area contributed by atoms with Crippen molar-refractivity contribution in [2.24, 2.45) is 17.3 Å². The van der Waals surface area contributed by atoms with Gasteiger partial charge in [-0.1, -0.05) is 48.5 Å². The summed E-state index contributed by atoms with van der Waals surface area (Å²) < 4.78 is 10.9. The lowest BCUT2D eigenvalue weighted by Gasteiger charge is -2.21. The molecule has 8 heteroatoms. The fraction of sp³-hybridized carbons (Fsp3) is 0.444. The smallest absolute Gasteiger partial charge is 0.407 e. The molecule has 3 fully saturated rings. The Hall–Kier alpha value is -3.39. The number of carboxylic acid groups (broad SMARTS) is 1. The first-order valence-corrected chi connectivity index (χ1v) is 12.2. The zero-order valence-electron chi connectivity index (χ0n) is 19.2. The number of fused-ring (bicyclic) bond motifs is 4. The van der Waals surface area contributed by atoms with Crippen molar-refractivity contribution in [1.29, 1.82) is 0 Å². The Morgan fingerprint density at radius 2 is 1.66 bits per heavy atom. The van der Waals surface area contributed by atoms with Gasteiger partial charge in [-0.25, -0.2) is 4.79 Å². The molecule has 2 amide bonds. The molecule has 4 aliphatic rings. The predicted molar refractivity (Wildman–Crippen MR) is 126 cm³/mol. The van der Waals surface area contributed by atoms with Crippen molar-refractivity contribution in [1.82, 2.24) is 10.6 Å². The topological polar surface area (TPSA) is 114 Å². The van der Waals surface area contributed by atoms with E-state index in [9.17, 15) is 19.5 Å². The summed E-state index contributed by atoms with van der Waals surface area (Å²) in [4.78, 5) is 37.0. The number of amides is 2. The third kappa shape index (κ3) is 3.76. The van der Waals surface area contributed by atoms with Gasteiger partial charge in [-0.2, -0.15) is 0 Å². The third-order valence-electron chi connectivity index (χ3n) is 8.24. The maximum atomic E-state index is 13.0. The Morgan fingerprint density at radius 1 is 0.971 bits per heavy atom. The molecule has 5 atom stereocenters. The SMILES string of the molecule is O=C(N[C@H]1C[C@@H]2C[C@]2(C(=O)NC2COCC2C(=O)O)C1)OCC1c2ccccc2-c2ccccc21. The lowest BCUT2D eigenvalue weighted by molar-refractivity contribution is -0.142. The number of alkyl carbamates (subject to hydrolysis) is 1. The number of rotatable bonds is 6. The van der Waals surface area contributed by atoms with Crippen LogP contribution in [0.1, 0.15) is 36.3 Å². The molecular weight excluding hydrogens is 448 g/mol. The normalized spacial score (nSPS) is 30.2. The van der Waals surface area contributed by atoms with E-state index in [0.29, 0.717) is 6.42 Å². The van der Waals surface area contributed by atoms with Crippen molar-refractivity contribution >= 4 is 18.0 Å². The Bertz CT molecular complexity index is 1150. The number of carbonyl (C=O) groups is 3. The van der Waals surface area contributed by atoms with Gasteiger partial charge in [0.15, 0.2) is 0 Å². The van der Waals surface area contributed by atoms with E-state index in [2.05, 4.69) is 34.9 Å². The van der Waals surface area contributed by atoms with Crippen LogP contribution in [0.15, 0.2) is 48.5 Å². The zero-order valence-corrected chi connectivity index (χ0v) is 19.2. The van der Waals surface area contributed by atoms with Crippen molar-refractivity contribution in [3.8, 4) is 11.1 Å². The summed E-state index contributed by atoms with van der Waals surface area (Å²) >= 11 is 0. The van der Waals surface area contributed by atoms with Crippen LogP contribution in [0.25, 0.3) is 11.1 Å². The molecule has 0 bridgehead atoms. The van der Waals surface area contributed by atoms with Crippen LogP contribution in [0, 0.1) is 17.3 Å². The minimum Gasteiger partial charge on any atom is -0.481 e. The monoisotopic (exact) mass is 476 g/mol. The summed E-state index contributed by atoms with van der Waals surface area (Å²) in [7, 11) is 0. The van der Waals surface area contributed by atoms with Gasteiger partial charge < -0.3 is 25.2 Å². The lowest BCUT2D eigenvalue weighted by Crippen LogP contribution is -2.46. The molecule has 35 heavy (non-hydrogen) atoms. The molecular formula is C27H28N2O6. The number of nitrogens with one attached hydrogen (secondary N) is 2. The average Bonchev–Trinajstić information content (AvgIpc) is 3.17. The van der Waals surface area contributed by atoms with Crippen LogP contribution in [0.3, 0.4) is 0 Å². The number of ether oxygens (including phenoxy) is 2. The third-order valence-corrected chi connectivity index (χ3v) is 8.24. The Balaban J connectivity index is 1.04. The van der Waals surface area contributed by atoms with Gasteiger partial charge in [0.2, 0.25) is 5.91 Å². The van der Waals surface area contributed by atoms with Gasteiger partial charge >= 0.3 is 12.1 Å². The first kappa shape index (κ1) is 22.1. The van der Waals surface area contributed by atoms with Crippen LogP contribution < -0.4 is 10.6 Å². The maximum Gasteiger partial charge on any atom is 0.407 e. The highest BCUT2D eigenvalue weighted by atomic mass is 16.5. The van der Waals surface area contributed by atoms with Crippen LogP contribution in [0.2, 0.25) is 0 Å². The van der Waals surface area contributed by atoms with Crippen LogP contribution in [0.4, 0.5) is 4.79 Å². The molecule has 1 aliphatic heterocycles. The Labute approximate surface area is 203 Å². The van der Waals surface area contributed by atoms with Crippen molar-refractivity contribution in [3.05, 3.63) is 59.7 Å². The van der Waals surface area contributed by atoms with E-state index in [0.717, 1.165) is 24.0 Å². The molecule has 1 saturated heterocycles. The molecule has 0 spiro atoms. The molecule has 2 aromatic rings. The molecule has 3 N–H and O–H groups in total. The highest BCUT2D eigenvalue weighted by molar-refractivity contribution is 5.88. The van der Waals surface area contributed by atoms with Crippen molar-refractivity contribution in [2.45, 2.75) is 37.3 Å². The molecule has 8 nitrogen and oxygen atoms in total. The quantitative estimate of drug-likeness (QED) is 0.591. The first-order valence-electron chi connectivity index (χ1n) is 12.2. The minimum atomic E-state index is -0.959. The van der Waals surface area contributed by atoms with E-state index in [1.807, 2.05) is 24.3 Å². The molecule has 2 unspecified atom stereocenters. The fourth-order valence-corrected chi connectivity index (χ4v) is 6.35. The zero-order chi connectivity index (χ0) is 24.2. The van der Waals surface area contributed by atoms with E-state index < -0.39 is 29.4 Å². The van der Waals surface area contributed by atoms with E-state index in [4.69, 9.17) is 9.47 Å². The van der Waals surface area contributed by atoms with Crippen molar-refractivity contribution in [3.63, 3.8) is 0 Å². The van der Waals surface area contributed by atoms with E-state index in [1.54, 1.807) is 0 Å². The summed E-state index contributed by atoms with van der Waals surface area (Å²) in [5, 5.41) is 15.2. The molecule has 0 radical (unpaired) electrons. The van der Waals surface area contributed by atoms with Crippen LogP contribution in [-0.2, 0) is 19.1 Å². The van der Waals surface area contributed by atoms with Gasteiger partial charge in [0.25, 0.3) is 0 Å². The number of aliphatic carboxylic acids is 1. The molecule has 0 aromatic heterocycles. The van der Waals surface area contributed by atoms with Crippen LogP contribution in [-0.4, -0.2) is 55.0 Å². The second kappa shape index (κ2) is 8.37. The van der Waals surface area contributed by atoms with Gasteiger partial charge in [-0.15, -0.1) is 0 Å². The van der Waals surface area contributed by atoms with Crippen LogP contribution >= 0.6 is 0 Å². The number of carboxylic acids is 1. The van der Waals surface area contributed by atoms with Gasteiger partial charge in [0, 0.05) is 12.0 Å². The summed E-state index contributed by atoms with van der Waals surface area (Å²) in [6.07, 6.45) is 1.57. The van der Waals surface area contributed by atoms with E-state index >= 15 is 0 Å². The minimum absolute atomic E-state index is 0.00179. The molecule has 2 aromatic carbocycles. The van der Waals surface area contributed by atoms with Crippen molar-refractivity contribution < 1.29 is 29.0 Å². The van der Waals surface area contributed by atoms with Gasteiger partial charge in [0.1, 0.15) is 12.5 Å². The maximum absolute atomic E-state index is 13.0. The summed E-state index contributed by atoms with van der Waals surface area (Å²) in [6.45, 7) is 0.577. The van der Waals surface area contributed by atoms with Crippen molar-refractivity contribution in [2.75, 3.05) is 19.8 Å². The first-order chi connectivity index (χ1) is 17.0. The van der Waals surface area contributed by atoms with Crippen LogP contribution in [0.5, 0.6) is 0 Å². The summed E-state index contributed by atoms with van der Waals surface area (Å²) in [5.74, 6) is -1.60. The number of hydrogen-bond acceptors (Lipinski definition) is 5. The summed E-state index contributed by atoms with van der Waals surface area (Å²) in [5.41, 5.74) is 4.16. The number of hydrogen-bond donors (Lipinski definition) is 3. The Morgan fingerprint density at radius 3 is 2.34 bits per heavy atom. The molecule has 2 saturated carbocycles. The summed E-state index contributed by atoms with van der Waals surface area (Å²) in [6, 6.07) is 15.8. The van der Waals surface area contributed by atoms with E-state index in [-0.39, 0.29) is 43.6 Å². The second-order valence-electron chi connectivity index (χ2n) is 10.2. The number of carbonyl (C=O) groups excluding carboxylic acids is 2. The average molecular weight is 477 g/mol. The standard InChI is InChI=1S/C27H28N2O6/c30-24(31)22-12-34-14-23(22)29-25(32)27-10-15(27)9-16(11-27)28-26(33)35-13-21-19-7-3-1-5-17(19)18-6-2-4-8-20(18)21/h1-8,15-16,21-23H,9-14H2,(H,28,33)(H,29,32)(H,30,31)/t15-,16+,22?,23?,27+/m1/s1. The highest BCUT2D eigenvalue weighted by Crippen LogP contribution is 2.63. The van der Waals surface area contributed by atoms with Gasteiger partial charge in [-0.05, 0) is 47.4 Å². The number of benzene rings is 2. The lowest BCUT2D eigenvalue weighted by atomic mass is 9.98. The van der Waals surface area contributed by atoms with Gasteiger partial charge in [-0.3, -0.25) is 9.59 Å². The molecule has 3 aliphatic carbocycles. The molecule has 182 valence electrons. The second-order valence-corrected chi connectivity index (χ2v) is 10.2. The van der Waals surface area contributed by atoms with Gasteiger partial charge in [0.05, 0.1) is 24.7 Å². The fourth-order valence-electron chi connectivity index (χ4n) is 6.35. The molecule has 1 heterocycles. The largest absolute Gasteiger partial charge is 0.481 e. The molecule has 6 rings (SSSR count).